The van der Waals surface area contributed by atoms with Crippen molar-refractivity contribution < 1.29 is 13.9 Å². The quantitative estimate of drug-likeness (QED) is 0.730. The molecule has 5 nitrogen and oxygen atoms in total. The maximum atomic E-state index is 11.1. The van der Waals surface area contributed by atoms with Gasteiger partial charge in [0, 0.05) is 32.7 Å². The first-order chi connectivity index (χ1) is 8.78. The normalized spacial score (nSPS) is 17.8. The predicted molar refractivity (Wildman–Crippen MR) is 67.1 cm³/mol. The van der Waals surface area contributed by atoms with Crippen molar-refractivity contribution in [1.29, 1.82) is 0 Å². The molecule has 0 saturated carbocycles. The van der Waals surface area contributed by atoms with Crippen LogP contribution in [0.4, 0.5) is 0 Å². The molecule has 0 unspecified atom stereocenters. The second-order valence-corrected chi connectivity index (χ2v) is 4.52. The number of carbonyl (C=O) groups is 1. The van der Waals surface area contributed by atoms with E-state index in [1.165, 1.54) is 7.11 Å². The third kappa shape index (κ3) is 3.85. The van der Waals surface area contributed by atoms with Crippen LogP contribution >= 0.6 is 0 Å². The largest absolute Gasteiger partial charge is 0.469 e. The number of ether oxygens (including phenoxy) is 1. The first kappa shape index (κ1) is 13.1. The van der Waals surface area contributed by atoms with Gasteiger partial charge in [-0.1, -0.05) is 0 Å². The number of hydrogen-bond acceptors (Lipinski definition) is 5. The van der Waals surface area contributed by atoms with Crippen LogP contribution in [0.15, 0.2) is 22.8 Å². The number of esters is 1. The minimum absolute atomic E-state index is 0.131. The van der Waals surface area contributed by atoms with Crippen LogP contribution in [0.5, 0.6) is 0 Å². The van der Waals surface area contributed by atoms with Crippen LogP contribution in [0.3, 0.4) is 0 Å². The topological polar surface area (TPSA) is 45.9 Å². The second kappa shape index (κ2) is 6.56. The molecule has 0 radical (unpaired) electrons. The standard InChI is InChI=1S/C13H20N2O3/c1-17-13(16)4-5-14-6-8-15(9-7-14)11-12-3-2-10-18-12/h2-3,10H,4-9,11H2,1H3. The summed E-state index contributed by atoms with van der Waals surface area (Å²) in [4.78, 5) is 15.7. The van der Waals surface area contributed by atoms with E-state index in [0.29, 0.717) is 6.42 Å². The molecular weight excluding hydrogens is 232 g/mol. The summed E-state index contributed by atoms with van der Waals surface area (Å²) in [5, 5.41) is 0. The zero-order valence-electron chi connectivity index (χ0n) is 10.8. The van der Waals surface area contributed by atoms with E-state index in [4.69, 9.17) is 4.42 Å². The first-order valence-corrected chi connectivity index (χ1v) is 6.32. The summed E-state index contributed by atoms with van der Waals surface area (Å²) in [5.41, 5.74) is 0. The van der Waals surface area contributed by atoms with Crippen LogP contribution in [-0.2, 0) is 16.1 Å². The van der Waals surface area contributed by atoms with E-state index in [1.807, 2.05) is 12.1 Å². The number of rotatable bonds is 5. The summed E-state index contributed by atoms with van der Waals surface area (Å²) in [6, 6.07) is 3.92. The molecule has 0 spiro atoms. The molecule has 2 heterocycles. The lowest BCUT2D eigenvalue weighted by Crippen LogP contribution is -2.46. The zero-order valence-corrected chi connectivity index (χ0v) is 10.8. The Kier molecular flexibility index (Phi) is 4.78. The molecule has 0 atom stereocenters. The predicted octanol–water partition coefficient (Wildman–Crippen LogP) is 0.960. The molecule has 0 bridgehead atoms. The van der Waals surface area contributed by atoms with Crippen LogP contribution in [0.25, 0.3) is 0 Å². The average Bonchev–Trinajstić information content (AvgIpc) is 2.90. The van der Waals surface area contributed by atoms with E-state index in [2.05, 4.69) is 14.5 Å². The molecule has 1 aliphatic heterocycles. The third-order valence-corrected chi connectivity index (χ3v) is 3.28. The van der Waals surface area contributed by atoms with E-state index in [9.17, 15) is 4.79 Å². The van der Waals surface area contributed by atoms with Crippen LogP contribution in [0.1, 0.15) is 12.2 Å². The Labute approximate surface area is 107 Å². The molecule has 1 aromatic rings. The van der Waals surface area contributed by atoms with Crippen molar-refractivity contribution in [3.63, 3.8) is 0 Å². The highest BCUT2D eigenvalue weighted by atomic mass is 16.5. The number of furan rings is 1. The molecule has 1 saturated heterocycles. The maximum absolute atomic E-state index is 11.1. The SMILES string of the molecule is COC(=O)CCN1CCN(Cc2ccco2)CC1. The average molecular weight is 252 g/mol. The van der Waals surface area contributed by atoms with Crippen molar-refractivity contribution in [2.75, 3.05) is 39.8 Å². The summed E-state index contributed by atoms with van der Waals surface area (Å²) in [5.74, 6) is 0.881. The molecule has 0 N–H and O–H groups in total. The Balaban J connectivity index is 1.66. The van der Waals surface area contributed by atoms with Crippen molar-refractivity contribution in [1.82, 2.24) is 9.80 Å². The van der Waals surface area contributed by atoms with Gasteiger partial charge >= 0.3 is 5.97 Å². The van der Waals surface area contributed by atoms with Gasteiger partial charge in [0.15, 0.2) is 0 Å². The highest BCUT2D eigenvalue weighted by Crippen LogP contribution is 2.09. The molecule has 1 aromatic heterocycles. The number of nitrogens with zero attached hydrogens (tertiary/aromatic N) is 2. The first-order valence-electron chi connectivity index (χ1n) is 6.32. The molecule has 0 aromatic carbocycles. The van der Waals surface area contributed by atoms with Crippen molar-refractivity contribution in [2.24, 2.45) is 0 Å². The summed E-state index contributed by atoms with van der Waals surface area (Å²) < 4.78 is 9.98. The zero-order chi connectivity index (χ0) is 12.8. The number of piperazine rings is 1. The molecule has 0 aliphatic carbocycles. The maximum Gasteiger partial charge on any atom is 0.306 e. The fraction of sp³-hybridized carbons (Fsp3) is 0.615. The summed E-state index contributed by atoms with van der Waals surface area (Å²) >= 11 is 0. The van der Waals surface area contributed by atoms with Crippen molar-refractivity contribution >= 4 is 5.97 Å². The number of methoxy groups -OCH3 is 1. The molecule has 100 valence electrons. The van der Waals surface area contributed by atoms with Crippen LogP contribution in [0, 0.1) is 0 Å². The van der Waals surface area contributed by atoms with Gasteiger partial charge in [-0.3, -0.25) is 9.69 Å². The van der Waals surface area contributed by atoms with Gasteiger partial charge in [-0.15, -0.1) is 0 Å². The van der Waals surface area contributed by atoms with Gasteiger partial charge in [-0.05, 0) is 12.1 Å². The van der Waals surface area contributed by atoms with Gasteiger partial charge in [0.25, 0.3) is 0 Å². The number of carbonyl (C=O) groups excluding carboxylic acids is 1. The Bertz CT molecular complexity index is 356. The smallest absolute Gasteiger partial charge is 0.306 e. The molecule has 1 aliphatic rings. The molecule has 1 fully saturated rings. The molecule has 0 amide bonds. The van der Waals surface area contributed by atoms with Crippen LogP contribution in [-0.4, -0.2) is 55.6 Å². The van der Waals surface area contributed by atoms with Crippen molar-refractivity contribution in [3.8, 4) is 0 Å². The third-order valence-electron chi connectivity index (χ3n) is 3.28. The lowest BCUT2D eigenvalue weighted by molar-refractivity contribution is -0.141. The Morgan fingerprint density at radius 2 is 2.06 bits per heavy atom. The van der Waals surface area contributed by atoms with Gasteiger partial charge in [0.2, 0.25) is 0 Å². The molecule has 5 heteroatoms. The Morgan fingerprint density at radius 3 is 2.67 bits per heavy atom. The minimum atomic E-state index is -0.131. The van der Waals surface area contributed by atoms with E-state index in [1.54, 1.807) is 6.26 Å². The summed E-state index contributed by atoms with van der Waals surface area (Å²) in [6.45, 7) is 5.69. The monoisotopic (exact) mass is 252 g/mol. The van der Waals surface area contributed by atoms with Crippen molar-refractivity contribution in [3.05, 3.63) is 24.2 Å². The minimum Gasteiger partial charge on any atom is -0.469 e. The number of hydrogen-bond donors (Lipinski definition) is 0. The summed E-state index contributed by atoms with van der Waals surface area (Å²) in [7, 11) is 1.43. The lowest BCUT2D eigenvalue weighted by atomic mass is 10.2. The van der Waals surface area contributed by atoms with E-state index in [-0.39, 0.29) is 5.97 Å². The van der Waals surface area contributed by atoms with Crippen LogP contribution < -0.4 is 0 Å². The second-order valence-electron chi connectivity index (χ2n) is 4.52. The van der Waals surface area contributed by atoms with E-state index >= 15 is 0 Å². The lowest BCUT2D eigenvalue weighted by Gasteiger charge is -2.33. The van der Waals surface area contributed by atoms with E-state index < -0.39 is 0 Å². The van der Waals surface area contributed by atoms with Gasteiger partial charge in [-0.25, -0.2) is 0 Å². The highest BCUT2D eigenvalue weighted by Gasteiger charge is 2.18. The van der Waals surface area contributed by atoms with Crippen LogP contribution in [0.2, 0.25) is 0 Å². The molecular formula is C13H20N2O3. The Morgan fingerprint density at radius 1 is 1.33 bits per heavy atom. The van der Waals surface area contributed by atoms with Gasteiger partial charge in [0.05, 0.1) is 26.3 Å². The highest BCUT2D eigenvalue weighted by molar-refractivity contribution is 5.69. The van der Waals surface area contributed by atoms with E-state index in [0.717, 1.165) is 45.0 Å². The molecule has 2 rings (SSSR count). The fourth-order valence-electron chi connectivity index (χ4n) is 2.15. The Hall–Kier alpha value is -1.33. The van der Waals surface area contributed by atoms with Gasteiger partial charge < -0.3 is 14.1 Å². The van der Waals surface area contributed by atoms with Gasteiger partial charge in [-0.2, -0.15) is 0 Å². The molecule has 18 heavy (non-hydrogen) atoms. The fourth-order valence-corrected chi connectivity index (χ4v) is 2.15. The van der Waals surface area contributed by atoms with Gasteiger partial charge in [0.1, 0.15) is 5.76 Å². The summed E-state index contributed by atoms with van der Waals surface area (Å²) in [6.07, 6.45) is 2.19. The van der Waals surface area contributed by atoms with Crippen molar-refractivity contribution in [2.45, 2.75) is 13.0 Å².